The summed E-state index contributed by atoms with van der Waals surface area (Å²) in [6.07, 6.45) is 4.58. The van der Waals surface area contributed by atoms with Gasteiger partial charge in [-0.25, -0.2) is 0 Å². The van der Waals surface area contributed by atoms with Crippen LogP contribution in [0.4, 0.5) is 0 Å². The molecule has 0 radical (unpaired) electrons. The van der Waals surface area contributed by atoms with E-state index in [-0.39, 0.29) is 5.50 Å². The summed E-state index contributed by atoms with van der Waals surface area (Å²) in [7, 11) is 2.13. The smallest absolute Gasteiger partial charge is 0.0873 e. The molecule has 4 aliphatic rings. The molecule has 0 bridgehead atoms. The molecule has 5 rings (SSSR count). The van der Waals surface area contributed by atoms with Crippen LogP contribution in [0.1, 0.15) is 50.2 Å². The van der Waals surface area contributed by atoms with Gasteiger partial charge in [-0.2, -0.15) is 0 Å². The number of nitrogens with zero attached hydrogens (tertiary/aromatic N) is 1. The number of alkyl halides is 1. The molecular weight excluding hydrogens is 314 g/mol. The van der Waals surface area contributed by atoms with Gasteiger partial charge in [-0.05, 0) is 84.8 Å². The van der Waals surface area contributed by atoms with Crippen molar-refractivity contribution in [3.05, 3.63) is 35.4 Å². The van der Waals surface area contributed by atoms with Gasteiger partial charge in [0.25, 0.3) is 0 Å². The van der Waals surface area contributed by atoms with Crippen molar-refractivity contribution in [1.82, 2.24) is 4.90 Å². The van der Waals surface area contributed by atoms with Gasteiger partial charge in [-0.15, -0.1) is 11.6 Å². The topological polar surface area (TPSA) is 3.24 Å². The highest BCUT2D eigenvalue weighted by molar-refractivity contribution is 6.20. The van der Waals surface area contributed by atoms with Crippen molar-refractivity contribution in [2.24, 2.45) is 41.4 Å². The molecule has 0 heterocycles. The van der Waals surface area contributed by atoms with E-state index in [9.17, 15) is 0 Å². The van der Waals surface area contributed by atoms with E-state index in [1.165, 1.54) is 17.9 Å². The lowest BCUT2D eigenvalue weighted by Crippen LogP contribution is -2.36. The maximum absolute atomic E-state index is 6.47. The maximum atomic E-state index is 6.47. The predicted molar refractivity (Wildman–Crippen MR) is 99.9 cm³/mol. The molecule has 0 spiro atoms. The molecule has 6 unspecified atom stereocenters. The molecule has 24 heavy (non-hydrogen) atoms. The van der Waals surface area contributed by atoms with E-state index in [0.717, 1.165) is 42.1 Å². The molecule has 0 N–H and O–H groups in total. The van der Waals surface area contributed by atoms with Crippen molar-refractivity contribution in [2.75, 3.05) is 7.05 Å². The maximum Gasteiger partial charge on any atom is 0.0873 e. The van der Waals surface area contributed by atoms with Crippen molar-refractivity contribution >= 4 is 11.6 Å². The lowest BCUT2D eigenvalue weighted by molar-refractivity contribution is 0.0996. The van der Waals surface area contributed by atoms with E-state index in [4.69, 9.17) is 11.6 Å². The van der Waals surface area contributed by atoms with Crippen LogP contribution in [-0.2, 0) is 6.54 Å². The van der Waals surface area contributed by atoms with E-state index in [1.807, 2.05) is 0 Å². The molecule has 1 aromatic carbocycles. The van der Waals surface area contributed by atoms with Crippen LogP contribution in [-0.4, -0.2) is 17.4 Å². The van der Waals surface area contributed by atoms with Crippen LogP contribution < -0.4 is 0 Å². The van der Waals surface area contributed by atoms with Gasteiger partial charge in [-0.3, -0.25) is 4.90 Å². The van der Waals surface area contributed by atoms with Crippen LogP contribution in [0.25, 0.3) is 0 Å². The third-order valence-electron chi connectivity index (χ3n) is 7.90. The summed E-state index contributed by atoms with van der Waals surface area (Å²) in [6, 6.07) is 9.52. The summed E-state index contributed by atoms with van der Waals surface area (Å²) in [6.45, 7) is 5.31. The zero-order valence-corrected chi connectivity index (χ0v) is 15.9. The normalized spacial score (nSPS) is 42.8. The fourth-order valence-corrected chi connectivity index (χ4v) is 6.97. The molecular formula is C22H30ClN. The number of halogens is 1. The van der Waals surface area contributed by atoms with E-state index in [0.29, 0.717) is 5.92 Å². The van der Waals surface area contributed by atoms with Crippen LogP contribution in [0.15, 0.2) is 24.3 Å². The molecule has 2 heteroatoms. The summed E-state index contributed by atoms with van der Waals surface area (Å²) in [4.78, 5) is 2.25. The Bertz CT molecular complexity index is 619. The fourth-order valence-electron chi connectivity index (χ4n) is 6.90. The van der Waals surface area contributed by atoms with E-state index in [1.54, 1.807) is 18.4 Å². The van der Waals surface area contributed by atoms with Crippen LogP contribution in [0.3, 0.4) is 0 Å². The average molecular weight is 344 g/mol. The molecule has 0 aromatic heterocycles. The second-order valence-electron chi connectivity index (χ2n) is 9.42. The Morgan fingerprint density at radius 3 is 2.29 bits per heavy atom. The number of hydrogen-bond acceptors (Lipinski definition) is 1. The molecule has 0 aliphatic heterocycles. The van der Waals surface area contributed by atoms with Gasteiger partial charge in [0, 0.05) is 6.54 Å². The second-order valence-corrected chi connectivity index (χ2v) is 9.86. The average Bonchev–Trinajstić information content (AvgIpc) is 3.01. The number of rotatable bonds is 5. The Kier molecular flexibility index (Phi) is 3.59. The molecule has 130 valence electrons. The molecule has 4 fully saturated rings. The number of fused-ring (bicyclic) bond motifs is 4. The predicted octanol–water partition coefficient (Wildman–Crippen LogP) is 5.34. The summed E-state index contributed by atoms with van der Waals surface area (Å²) in [5.41, 5.74) is 3.11. The van der Waals surface area contributed by atoms with Crippen molar-refractivity contribution in [3.8, 4) is 0 Å². The Morgan fingerprint density at radius 1 is 1.00 bits per heavy atom. The highest BCUT2D eigenvalue weighted by Gasteiger charge is 2.73. The SMILES string of the molecule is CC(C)C(Cl)N(C)Cc1ccc(C2CC3C4C5[C@@H]4CC[C@H]5C23)cc1. The van der Waals surface area contributed by atoms with Gasteiger partial charge in [0.1, 0.15) is 0 Å². The molecule has 1 aromatic rings. The van der Waals surface area contributed by atoms with Crippen molar-refractivity contribution < 1.29 is 0 Å². The van der Waals surface area contributed by atoms with E-state index in [2.05, 4.69) is 50.1 Å². The Hall–Kier alpha value is -0.530. The van der Waals surface area contributed by atoms with Gasteiger partial charge < -0.3 is 0 Å². The van der Waals surface area contributed by atoms with Crippen molar-refractivity contribution in [1.29, 1.82) is 0 Å². The Balaban J connectivity index is 1.25. The van der Waals surface area contributed by atoms with E-state index < -0.39 is 0 Å². The molecule has 1 nitrogen and oxygen atoms in total. The van der Waals surface area contributed by atoms with Crippen molar-refractivity contribution in [2.45, 2.75) is 51.1 Å². The molecule has 4 saturated carbocycles. The lowest BCUT2D eigenvalue weighted by Gasteiger charge is -2.45. The molecule has 4 aliphatic carbocycles. The number of benzene rings is 1. The lowest BCUT2D eigenvalue weighted by atomic mass is 9.59. The number of hydrogen-bond donors (Lipinski definition) is 0. The van der Waals surface area contributed by atoms with Gasteiger partial charge in [0.15, 0.2) is 0 Å². The van der Waals surface area contributed by atoms with Gasteiger partial charge in [0.2, 0.25) is 0 Å². The van der Waals surface area contributed by atoms with Gasteiger partial charge in [-0.1, -0.05) is 38.1 Å². The third-order valence-corrected chi connectivity index (χ3v) is 8.74. The highest BCUT2D eigenvalue weighted by atomic mass is 35.5. The summed E-state index contributed by atoms with van der Waals surface area (Å²) in [5, 5.41) is 0. The second kappa shape index (κ2) is 5.48. The summed E-state index contributed by atoms with van der Waals surface area (Å²) < 4.78 is 0. The van der Waals surface area contributed by atoms with Gasteiger partial charge in [0.05, 0.1) is 5.50 Å². The first kappa shape index (κ1) is 15.7. The van der Waals surface area contributed by atoms with Crippen LogP contribution in [0, 0.1) is 41.4 Å². The van der Waals surface area contributed by atoms with Crippen LogP contribution in [0.2, 0.25) is 0 Å². The molecule has 8 atom stereocenters. The minimum atomic E-state index is 0.109. The zero-order valence-electron chi connectivity index (χ0n) is 15.2. The first-order valence-electron chi connectivity index (χ1n) is 9.99. The first-order valence-corrected chi connectivity index (χ1v) is 10.4. The monoisotopic (exact) mass is 343 g/mol. The molecule has 0 saturated heterocycles. The zero-order chi connectivity index (χ0) is 16.6. The van der Waals surface area contributed by atoms with Crippen LogP contribution in [0.5, 0.6) is 0 Å². The molecule has 0 amide bonds. The summed E-state index contributed by atoms with van der Waals surface area (Å²) >= 11 is 6.47. The van der Waals surface area contributed by atoms with E-state index >= 15 is 0 Å². The minimum Gasteiger partial charge on any atom is -0.286 e. The Morgan fingerprint density at radius 2 is 1.62 bits per heavy atom. The summed E-state index contributed by atoms with van der Waals surface area (Å²) in [5.74, 6) is 8.08. The quantitative estimate of drug-likeness (QED) is 0.515. The van der Waals surface area contributed by atoms with Crippen molar-refractivity contribution in [3.63, 3.8) is 0 Å². The largest absolute Gasteiger partial charge is 0.286 e. The third kappa shape index (κ3) is 2.16. The first-order chi connectivity index (χ1) is 11.6. The standard InChI is InChI=1S/C22H30ClN/c1-12(2)22(23)24(3)11-13-4-6-14(7-5-13)17-10-18-19(17)15-8-9-16-20(15)21(16)18/h4-7,12,15-22H,8-11H2,1-3H3/t15-,16-,17?,18?,19?,20?,21?,22?/m0/s1. The van der Waals surface area contributed by atoms with Gasteiger partial charge >= 0.3 is 0 Å². The fraction of sp³-hybridized carbons (Fsp3) is 0.727. The highest BCUT2D eigenvalue weighted by Crippen LogP contribution is 2.79. The minimum absolute atomic E-state index is 0.109. The van der Waals surface area contributed by atoms with Crippen LogP contribution >= 0.6 is 11.6 Å². The Labute approximate surface area is 151 Å².